The number of hydrogen-bond acceptors (Lipinski definition) is 6. The summed E-state index contributed by atoms with van der Waals surface area (Å²) in [6, 6.07) is 5.49. The van der Waals surface area contributed by atoms with Gasteiger partial charge >= 0.3 is 5.97 Å². The summed E-state index contributed by atoms with van der Waals surface area (Å²) in [6.45, 7) is 4.03. The molecular weight excluding hydrogens is 399 g/mol. The zero-order valence-electron chi connectivity index (χ0n) is 13.6. The number of thiol groups is 1. The van der Waals surface area contributed by atoms with E-state index in [1.54, 1.807) is 13.0 Å². The van der Waals surface area contributed by atoms with Crippen LogP contribution in [-0.4, -0.2) is 18.4 Å². The van der Waals surface area contributed by atoms with Crippen LogP contribution in [0.2, 0.25) is 10.0 Å². The number of amidine groups is 1. The standard InChI is InChI=1S/C17H16Cl2N2O2S2/c1-3-23-17(22)14-8(2)13-15(24)20-12(21-16(13)25-14)7-9-4-5-10(18)11(19)6-9/h4-6,15,24H,3,7H2,1-2H3,(H,20,21). The van der Waals surface area contributed by atoms with E-state index in [0.29, 0.717) is 28.0 Å². The quantitative estimate of drug-likeness (QED) is 0.510. The molecule has 1 atom stereocenters. The summed E-state index contributed by atoms with van der Waals surface area (Å²) in [4.78, 5) is 17.3. The first kappa shape index (κ1) is 18.6. The third kappa shape index (κ3) is 3.82. The van der Waals surface area contributed by atoms with Crippen molar-refractivity contribution in [2.24, 2.45) is 4.99 Å². The molecule has 1 aromatic heterocycles. The van der Waals surface area contributed by atoms with Gasteiger partial charge in [0.1, 0.15) is 21.1 Å². The SMILES string of the molecule is CCOC(=O)c1sc2c(c1C)C(S)N=C(Cc1ccc(Cl)c(Cl)c1)N2. The van der Waals surface area contributed by atoms with E-state index in [2.05, 4.69) is 22.9 Å². The lowest BCUT2D eigenvalue weighted by Gasteiger charge is -2.20. The number of thiophene rings is 1. The molecule has 2 aromatic rings. The van der Waals surface area contributed by atoms with Crippen LogP contribution in [0.15, 0.2) is 23.2 Å². The zero-order valence-corrected chi connectivity index (χ0v) is 16.8. The average molecular weight is 415 g/mol. The van der Waals surface area contributed by atoms with Crippen molar-refractivity contribution in [2.75, 3.05) is 11.9 Å². The second kappa shape index (κ2) is 7.58. The number of carbonyl (C=O) groups excluding carboxylic acids is 1. The maximum Gasteiger partial charge on any atom is 0.348 e. The summed E-state index contributed by atoms with van der Waals surface area (Å²) >= 11 is 18.0. The highest BCUT2D eigenvalue weighted by Crippen LogP contribution is 2.43. The molecular formula is C17H16Cl2N2O2S2. The summed E-state index contributed by atoms with van der Waals surface area (Å²) in [5, 5.41) is 4.89. The number of hydrogen-bond donors (Lipinski definition) is 2. The van der Waals surface area contributed by atoms with Crippen molar-refractivity contribution in [2.45, 2.75) is 25.6 Å². The highest BCUT2D eigenvalue weighted by Gasteiger charge is 2.28. The molecule has 0 amide bonds. The molecule has 1 aliphatic rings. The number of halogens is 2. The van der Waals surface area contributed by atoms with Gasteiger partial charge in [0.05, 0.1) is 16.7 Å². The smallest absolute Gasteiger partial charge is 0.348 e. The Morgan fingerprint density at radius 2 is 2.16 bits per heavy atom. The Morgan fingerprint density at radius 3 is 2.84 bits per heavy atom. The minimum Gasteiger partial charge on any atom is -0.462 e. The van der Waals surface area contributed by atoms with E-state index < -0.39 is 0 Å². The van der Waals surface area contributed by atoms with Gasteiger partial charge in [-0.2, -0.15) is 0 Å². The molecule has 1 aromatic carbocycles. The molecule has 1 aliphatic heterocycles. The average Bonchev–Trinajstić information content (AvgIpc) is 2.88. The number of fused-ring (bicyclic) bond motifs is 1. The Balaban J connectivity index is 1.85. The third-order valence-electron chi connectivity index (χ3n) is 3.80. The topological polar surface area (TPSA) is 50.7 Å². The van der Waals surface area contributed by atoms with E-state index in [1.807, 2.05) is 19.1 Å². The molecule has 1 N–H and O–H groups in total. The Kier molecular flexibility index (Phi) is 5.63. The summed E-state index contributed by atoms with van der Waals surface area (Å²) in [5.74, 6) is 0.454. The van der Waals surface area contributed by atoms with Gasteiger partial charge in [0, 0.05) is 12.0 Å². The normalized spacial score (nSPS) is 16.0. The van der Waals surface area contributed by atoms with Crippen molar-refractivity contribution in [3.8, 4) is 0 Å². The second-order valence-corrected chi connectivity index (χ2v) is 7.84. The molecule has 0 radical (unpaired) electrons. The highest BCUT2D eigenvalue weighted by molar-refractivity contribution is 7.80. The Morgan fingerprint density at radius 1 is 1.40 bits per heavy atom. The number of nitrogens with one attached hydrogen (secondary N) is 1. The van der Waals surface area contributed by atoms with Gasteiger partial charge in [0.25, 0.3) is 0 Å². The first-order chi connectivity index (χ1) is 11.9. The van der Waals surface area contributed by atoms with Crippen molar-refractivity contribution in [1.82, 2.24) is 0 Å². The molecule has 8 heteroatoms. The van der Waals surface area contributed by atoms with Crippen LogP contribution in [0.25, 0.3) is 0 Å². The molecule has 0 spiro atoms. The molecule has 4 nitrogen and oxygen atoms in total. The Hall–Kier alpha value is -1.21. The fourth-order valence-corrected chi connectivity index (χ4v) is 4.65. The van der Waals surface area contributed by atoms with Gasteiger partial charge in [-0.25, -0.2) is 4.79 Å². The van der Waals surface area contributed by atoms with Gasteiger partial charge in [-0.15, -0.1) is 24.0 Å². The number of rotatable bonds is 4. The minimum absolute atomic E-state index is 0.312. The number of nitrogens with zero attached hydrogens (tertiary/aromatic N) is 1. The lowest BCUT2D eigenvalue weighted by Crippen LogP contribution is -2.20. The number of benzene rings is 1. The molecule has 0 bridgehead atoms. The van der Waals surface area contributed by atoms with Gasteiger partial charge in [-0.3, -0.25) is 4.99 Å². The second-order valence-electron chi connectivity index (χ2n) is 5.52. The fraction of sp³-hybridized carbons (Fsp3) is 0.294. The van der Waals surface area contributed by atoms with Crippen LogP contribution in [0, 0.1) is 6.92 Å². The molecule has 0 saturated heterocycles. The monoisotopic (exact) mass is 414 g/mol. The minimum atomic E-state index is -0.326. The molecule has 0 aliphatic carbocycles. The maximum atomic E-state index is 12.1. The molecule has 1 unspecified atom stereocenters. The molecule has 0 fully saturated rings. The van der Waals surface area contributed by atoms with Crippen LogP contribution < -0.4 is 5.32 Å². The van der Waals surface area contributed by atoms with Gasteiger partial charge in [0.15, 0.2) is 0 Å². The van der Waals surface area contributed by atoms with E-state index in [9.17, 15) is 4.79 Å². The number of aliphatic imine (C=N–C) groups is 1. The van der Waals surface area contributed by atoms with Crippen molar-refractivity contribution in [1.29, 1.82) is 0 Å². The van der Waals surface area contributed by atoms with Crippen LogP contribution in [0.4, 0.5) is 5.00 Å². The van der Waals surface area contributed by atoms with E-state index in [1.165, 1.54) is 11.3 Å². The first-order valence-electron chi connectivity index (χ1n) is 7.66. The van der Waals surface area contributed by atoms with Gasteiger partial charge < -0.3 is 10.1 Å². The fourth-order valence-electron chi connectivity index (χ4n) is 2.63. The van der Waals surface area contributed by atoms with Crippen LogP contribution in [0.1, 0.15) is 38.7 Å². The maximum absolute atomic E-state index is 12.1. The van der Waals surface area contributed by atoms with E-state index in [4.69, 9.17) is 27.9 Å². The van der Waals surface area contributed by atoms with Gasteiger partial charge in [-0.05, 0) is 37.1 Å². The molecule has 0 saturated carbocycles. The number of anilines is 1. The van der Waals surface area contributed by atoms with Crippen LogP contribution in [0.5, 0.6) is 0 Å². The molecule has 132 valence electrons. The Bertz CT molecular complexity index is 865. The van der Waals surface area contributed by atoms with E-state index in [0.717, 1.165) is 27.5 Å². The predicted octanol–water partition coefficient (Wildman–Crippen LogP) is 5.54. The zero-order chi connectivity index (χ0) is 18.1. The van der Waals surface area contributed by atoms with Crippen LogP contribution in [0.3, 0.4) is 0 Å². The van der Waals surface area contributed by atoms with Gasteiger partial charge in [0.2, 0.25) is 0 Å². The summed E-state index contributed by atoms with van der Waals surface area (Å²) in [7, 11) is 0. The number of carbonyl (C=O) groups is 1. The van der Waals surface area contributed by atoms with Crippen molar-refractivity contribution < 1.29 is 9.53 Å². The van der Waals surface area contributed by atoms with Gasteiger partial charge in [-0.1, -0.05) is 29.3 Å². The predicted molar refractivity (Wildman–Crippen MR) is 108 cm³/mol. The number of esters is 1. The van der Waals surface area contributed by atoms with E-state index >= 15 is 0 Å². The van der Waals surface area contributed by atoms with Crippen LogP contribution in [-0.2, 0) is 11.2 Å². The lowest BCUT2D eigenvalue weighted by atomic mass is 10.1. The van der Waals surface area contributed by atoms with Crippen molar-refractivity contribution in [3.05, 3.63) is 49.8 Å². The number of ether oxygens (including phenoxy) is 1. The highest BCUT2D eigenvalue weighted by atomic mass is 35.5. The Labute approximate surface area is 165 Å². The van der Waals surface area contributed by atoms with Crippen LogP contribution >= 0.6 is 47.2 Å². The summed E-state index contributed by atoms with van der Waals surface area (Å²) < 4.78 is 5.12. The summed E-state index contributed by atoms with van der Waals surface area (Å²) in [6.07, 6.45) is 0.569. The third-order valence-corrected chi connectivity index (χ3v) is 6.12. The molecule has 3 rings (SSSR count). The van der Waals surface area contributed by atoms with Crippen molar-refractivity contribution >= 4 is 64.0 Å². The summed E-state index contributed by atoms with van der Waals surface area (Å²) in [5.41, 5.74) is 2.78. The van der Waals surface area contributed by atoms with Crippen molar-refractivity contribution in [3.63, 3.8) is 0 Å². The molecule has 2 heterocycles. The largest absolute Gasteiger partial charge is 0.462 e. The lowest BCUT2D eigenvalue weighted by molar-refractivity contribution is 0.0531. The molecule has 25 heavy (non-hydrogen) atoms. The van der Waals surface area contributed by atoms with E-state index in [-0.39, 0.29) is 11.3 Å². The first-order valence-corrected chi connectivity index (χ1v) is 9.75.